The standard InChI is InChI=1S/C27H24N2O/c1-2-3-11-22-18-20(19-27-28-24-15-8-10-17-26(24)30-27)23-14-7-9-16-25(23)29(22)21-12-5-4-6-13-21/h4-10,12-19H,2-3,11H2,1H3/p+1. The van der Waals surface area contributed by atoms with E-state index in [4.69, 9.17) is 4.74 Å². The van der Waals surface area contributed by atoms with Crippen LogP contribution in [0.2, 0.25) is 0 Å². The van der Waals surface area contributed by atoms with Crippen LogP contribution in [0, 0.1) is 0 Å². The summed E-state index contributed by atoms with van der Waals surface area (Å²) in [7, 11) is 0. The normalized spacial score (nSPS) is 13.8. The molecule has 0 amide bonds. The van der Waals surface area contributed by atoms with Crippen molar-refractivity contribution in [3.63, 3.8) is 0 Å². The Bertz CT molecular complexity index is 1200. The second kappa shape index (κ2) is 8.03. The van der Waals surface area contributed by atoms with Gasteiger partial charge in [0.1, 0.15) is 0 Å². The molecule has 0 fully saturated rings. The molecule has 2 heterocycles. The third kappa shape index (κ3) is 3.43. The number of fused-ring (bicyclic) bond motifs is 2. The van der Waals surface area contributed by atoms with Gasteiger partial charge in [-0.05, 0) is 30.2 Å². The highest BCUT2D eigenvalue weighted by molar-refractivity contribution is 5.87. The van der Waals surface area contributed by atoms with Crippen LogP contribution >= 0.6 is 0 Å². The minimum absolute atomic E-state index is 0.764. The average molecular weight is 394 g/mol. The molecule has 3 aromatic carbocycles. The molecule has 0 radical (unpaired) electrons. The number of aromatic nitrogens is 1. The van der Waals surface area contributed by atoms with E-state index in [0.29, 0.717) is 0 Å². The van der Waals surface area contributed by atoms with Crippen LogP contribution in [0.15, 0.2) is 90.8 Å². The predicted octanol–water partition coefficient (Wildman–Crippen LogP) is 6.26. The molecule has 0 saturated heterocycles. The van der Waals surface area contributed by atoms with Crippen LogP contribution in [0.5, 0.6) is 5.75 Å². The van der Waals surface area contributed by atoms with Crippen LogP contribution in [0.1, 0.15) is 31.0 Å². The van der Waals surface area contributed by atoms with Crippen molar-refractivity contribution >= 4 is 22.7 Å². The molecule has 1 N–H and O–H groups in total. The van der Waals surface area contributed by atoms with Gasteiger partial charge in [-0.2, -0.15) is 4.57 Å². The van der Waals surface area contributed by atoms with E-state index in [0.717, 1.165) is 36.6 Å². The Labute approximate surface area is 177 Å². The first-order chi connectivity index (χ1) is 14.8. The monoisotopic (exact) mass is 393 g/mol. The summed E-state index contributed by atoms with van der Waals surface area (Å²) in [5.41, 5.74) is 5.89. The highest BCUT2D eigenvalue weighted by Crippen LogP contribution is 2.34. The number of ether oxygens (including phenoxy) is 1. The number of nitrogens with one attached hydrogen (secondary N) is 1. The molecule has 148 valence electrons. The fourth-order valence-corrected chi connectivity index (χ4v) is 4.07. The molecular formula is C27H25N2O+. The highest BCUT2D eigenvalue weighted by Gasteiger charge is 2.22. The van der Waals surface area contributed by atoms with Gasteiger partial charge < -0.3 is 10.1 Å². The number of unbranched alkanes of at least 4 members (excludes halogenated alkanes) is 1. The number of aryl methyl sites for hydroxylation is 1. The van der Waals surface area contributed by atoms with Crippen molar-refractivity contribution in [2.75, 3.05) is 5.32 Å². The van der Waals surface area contributed by atoms with Crippen LogP contribution < -0.4 is 14.6 Å². The van der Waals surface area contributed by atoms with Crippen LogP contribution in [-0.4, -0.2) is 0 Å². The van der Waals surface area contributed by atoms with Gasteiger partial charge in [0.25, 0.3) is 0 Å². The van der Waals surface area contributed by atoms with Crippen molar-refractivity contribution in [2.24, 2.45) is 0 Å². The minimum atomic E-state index is 0.764. The summed E-state index contributed by atoms with van der Waals surface area (Å²) in [5.74, 6) is 1.63. The van der Waals surface area contributed by atoms with Gasteiger partial charge in [0.15, 0.2) is 17.3 Å². The van der Waals surface area contributed by atoms with Gasteiger partial charge in [-0.1, -0.05) is 55.8 Å². The van der Waals surface area contributed by atoms with E-state index in [2.05, 4.69) is 83.5 Å². The lowest BCUT2D eigenvalue weighted by Gasteiger charge is -2.10. The fraction of sp³-hybridized carbons (Fsp3) is 0.148. The Morgan fingerprint density at radius 3 is 2.50 bits per heavy atom. The quantitative estimate of drug-likeness (QED) is 0.405. The number of hydrogen-bond acceptors (Lipinski definition) is 2. The molecule has 0 unspecified atom stereocenters. The Balaban J connectivity index is 1.68. The second-order valence-electron chi connectivity index (χ2n) is 7.61. The van der Waals surface area contributed by atoms with Crippen molar-refractivity contribution < 1.29 is 9.30 Å². The molecule has 3 heteroatoms. The SMILES string of the molecule is CCCCc1cc(/C=C2/Nc3ccccc3O2)c2ccccc2[n+]1-c1ccccc1. The molecule has 0 aliphatic carbocycles. The van der Waals surface area contributed by atoms with Gasteiger partial charge >= 0.3 is 0 Å². The zero-order chi connectivity index (χ0) is 20.3. The molecule has 0 atom stereocenters. The number of anilines is 1. The van der Waals surface area contributed by atoms with Crippen LogP contribution in [0.25, 0.3) is 22.7 Å². The van der Waals surface area contributed by atoms with Gasteiger partial charge in [-0.3, -0.25) is 0 Å². The number of nitrogens with zero attached hydrogens (tertiary/aromatic N) is 1. The third-order valence-corrected chi connectivity index (χ3v) is 5.52. The Morgan fingerprint density at radius 2 is 1.67 bits per heavy atom. The number of hydrogen-bond donors (Lipinski definition) is 1. The first-order valence-electron chi connectivity index (χ1n) is 10.6. The molecule has 0 spiro atoms. The summed E-state index contributed by atoms with van der Waals surface area (Å²) in [6.07, 6.45) is 5.47. The number of rotatable bonds is 5. The van der Waals surface area contributed by atoms with E-state index in [-0.39, 0.29) is 0 Å². The van der Waals surface area contributed by atoms with Crippen LogP contribution in [-0.2, 0) is 6.42 Å². The molecule has 1 aliphatic rings. The van der Waals surface area contributed by atoms with Crippen molar-refractivity contribution in [1.82, 2.24) is 0 Å². The maximum absolute atomic E-state index is 6.04. The zero-order valence-electron chi connectivity index (χ0n) is 17.1. The van der Waals surface area contributed by atoms with Gasteiger partial charge in [-0.15, -0.1) is 0 Å². The summed E-state index contributed by atoms with van der Waals surface area (Å²) < 4.78 is 8.43. The van der Waals surface area contributed by atoms with E-state index < -0.39 is 0 Å². The van der Waals surface area contributed by atoms with E-state index in [9.17, 15) is 0 Å². The largest absolute Gasteiger partial charge is 0.439 e. The van der Waals surface area contributed by atoms with Crippen LogP contribution in [0.4, 0.5) is 5.69 Å². The van der Waals surface area contributed by atoms with Crippen molar-refractivity contribution in [3.8, 4) is 11.4 Å². The van der Waals surface area contributed by atoms with Crippen molar-refractivity contribution in [2.45, 2.75) is 26.2 Å². The fourth-order valence-electron chi connectivity index (χ4n) is 4.07. The molecule has 4 aromatic rings. The molecule has 1 aromatic heterocycles. The predicted molar refractivity (Wildman–Crippen MR) is 123 cm³/mol. The maximum atomic E-state index is 6.04. The lowest BCUT2D eigenvalue weighted by molar-refractivity contribution is -0.576. The molecule has 5 rings (SSSR count). The van der Waals surface area contributed by atoms with E-state index in [1.54, 1.807) is 0 Å². The first kappa shape index (κ1) is 18.4. The molecule has 1 aliphatic heterocycles. The Morgan fingerprint density at radius 1 is 0.900 bits per heavy atom. The summed E-state index contributed by atoms with van der Waals surface area (Å²) in [6, 6.07) is 29.6. The van der Waals surface area contributed by atoms with Crippen molar-refractivity contribution in [3.05, 3.63) is 102 Å². The third-order valence-electron chi connectivity index (χ3n) is 5.52. The van der Waals surface area contributed by atoms with E-state index >= 15 is 0 Å². The zero-order valence-corrected chi connectivity index (χ0v) is 17.1. The number of benzene rings is 3. The molecule has 3 nitrogen and oxygen atoms in total. The molecule has 0 saturated carbocycles. The van der Waals surface area contributed by atoms with Gasteiger partial charge in [0.2, 0.25) is 11.2 Å². The number of pyridine rings is 1. The van der Waals surface area contributed by atoms with E-state index in [1.807, 2.05) is 24.3 Å². The van der Waals surface area contributed by atoms with E-state index in [1.165, 1.54) is 27.8 Å². The topological polar surface area (TPSA) is 25.1 Å². The van der Waals surface area contributed by atoms with Gasteiger partial charge in [0, 0.05) is 36.8 Å². The minimum Gasteiger partial charge on any atom is -0.439 e. The Hall–Kier alpha value is -3.59. The molecule has 0 bridgehead atoms. The summed E-state index contributed by atoms with van der Waals surface area (Å²) >= 11 is 0. The van der Waals surface area contributed by atoms with Crippen molar-refractivity contribution in [1.29, 1.82) is 0 Å². The maximum Gasteiger partial charge on any atom is 0.219 e. The number of para-hydroxylation sites is 4. The highest BCUT2D eigenvalue weighted by atomic mass is 16.5. The summed E-state index contributed by atoms with van der Waals surface area (Å²) in [5, 5.41) is 4.59. The smallest absolute Gasteiger partial charge is 0.219 e. The average Bonchev–Trinajstić information content (AvgIpc) is 3.20. The lowest BCUT2D eigenvalue weighted by atomic mass is 10.0. The summed E-state index contributed by atoms with van der Waals surface area (Å²) in [6.45, 7) is 2.24. The van der Waals surface area contributed by atoms with Gasteiger partial charge in [0.05, 0.1) is 11.1 Å². The summed E-state index contributed by atoms with van der Waals surface area (Å²) in [4.78, 5) is 0. The van der Waals surface area contributed by atoms with Crippen LogP contribution in [0.3, 0.4) is 0 Å². The first-order valence-corrected chi connectivity index (χ1v) is 10.6. The Kier molecular flexibility index (Phi) is 4.94. The lowest BCUT2D eigenvalue weighted by Crippen LogP contribution is -2.37. The molecular weight excluding hydrogens is 368 g/mol. The molecule has 30 heavy (non-hydrogen) atoms. The van der Waals surface area contributed by atoms with Gasteiger partial charge in [-0.25, -0.2) is 0 Å². The second-order valence-corrected chi connectivity index (χ2v) is 7.61.